The Morgan fingerprint density at radius 3 is 2.40 bits per heavy atom. The lowest BCUT2D eigenvalue weighted by Crippen LogP contribution is -2.22. The van der Waals surface area contributed by atoms with Gasteiger partial charge in [0.1, 0.15) is 0 Å². The molecular formula is C9H19N. The summed E-state index contributed by atoms with van der Waals surface area (Å²) < 4.78 is 0. The normalized spacial score (nSPS) is 31.2. The molecule has 0 spiro atoms. The maximum Gasteiger partial charge on any atom is 0.0330 e. The standard InChI is InChI=1S/C9H19N/c1-4-5-6-9(7-10-9)8(2)3/h8,10H,4-7H2,1-3H3. The van der Waals surface area contributed by atoms with Gasteiger partial charge in [-0.15, -0.1) is 0 Å². The van der Waals surface area contributed by atoms with Crippen LogP contribution in [-0.4, -0.2) is 12.1 Å². The van der Waals surface area contributed by atoms with E-state index in [-0.39, 0.29) is 0 Å². The molecule has 1 rings (SSSR count). The number of rotatable bonds is 4. The number of unbranched alkanes of at least 4 members (excludes halogenated alkanes) is 1. The largest absolute Gasteiger partial charge is 0.308 e. The van der Waals surface area contributed by atoms with Gasteiger partial charge in [-0.3, -0.25) is 0 Å². The lowest BCUT2D eigenvalue weighted by atomic mass is 9.90. The zero-order chi connectivity index (χ0) is 7.61. The third-order valence-electron chi connectivity index (χ3n) is 2.71. The van der Waals surface area contributed by atoms with Gasteiger partial charge in [0.15, 0.2) is 0 Å². The molecule has 1 atom stereocenters. The van der Waals surface area contributed by atoms with Gasteiger partial charge in [-0.25, -0.2) is 0 Å². The molecule has 0 bridgehead atoms. The highest BCUT2D eigenvalue weighted by Crippen LogP contribution is 2.32. The van der Waals surface area contributed by atoms with Gasteiger partial charge in [-0.1, -0.05) is 33.6 Å². The van der Waals surface area contributed by atoms with Crippen molar-refractivity contribution in [1.29, 1.82) is 0 Å². The molecule has 60 valence electrons. The molecule has 0 aromatic carbocycles. The van der Waals surface area contributed by atoms with Crippen LogP contribution in [0.25, 0.3) is 0 Å². The highest BCUT2D eigenvalue weighted by molar-refractivity contribution is 5.05. The Balaban J connectivity index is 2.24. The molecule has 1 nitrogen and oxygen atoms in total. The first kappa shape index (κ1) is 8.06. The van der Waals surface area contributed by atoms with Crippen LogP contribution < -0.4 is 5.32 Å². The summed E-state index contributed by atoms with van der Waals surface area (Å²) in [6, 6.07) is 0. The molecule has 0 saturated carbocycles. The van der Waals surface area contributed by atoms with Crippen LogP contribution in [0.3, 0.4) is 0 Å². The fourth-order valence-electron chi connectivity index (χ4n) is 1.48. The second-order valence-electron chi connectivity index (χ2n) is 3.77. The Morgan fingerprint density at radius 2 is 2.10 bits per heavy atom. The van der Waals surface area contributed by atoms with Gasteiger partial charge in [0.2, 0.25) is 0 Å². The van der Waals surface area contributed by atoms with Gasteiger partial charge in [0.25, 0.3) is 0 Å². The summed E-state index contributed by atoms with van der Waals surface area (Å²) in [5, 5.41) is 3.48. The molecule has 1 fully saturated rings. The van der Waals surface area contributed by atoms with Crippen molar-refractivity contribution in [2.45, 2.75) is 45.6 Å². The molecule has 1 aliphatic heterocycles. The monoisotopic (exact) mass is 141 g/mol. The first-order valence-electron chi connectivity index (χ1n) is 4.46. The molecule has 0 aromatic heterocycles. The minimum atomic E-state index is 0.552. The molecule has 1 aliphatic rings. The van der Waals surface area contributed by atoms with Gasteiger partial charge in [0.05, 0.1) is 0 Å². The maximum atomic E-state index is 3.48. The van der Waals surface area contributed by atoms with Gasteiger partial charge >= 0.3 is 0 Å². The SMILES string of the molecule is CCCCC1(C(C)C)CN1. The topological polar surface area (TPSA) is 21.9 Å². The van der Waals surface area contributed by atoms with Gasteiger partial charge < -0.3 is 5.32 Å². The van der Waals surface area contributed by atoms with Crippen LogP contribution in [0.15, 0.2) is 0 Å². The summed E-state index contributed by atoms with van der Waals surface area (Å²) >= 11 is 0. The van der Waals surface area contributed by atoms with E-state index in [1.54, 1.807) is 0 Å². The molecule has 0 aromatic rings. The molecule has 1 N–H and O–H groups in total. The van der Waals surface area contributed by atoms with Gasteiger partial charge in [-0.05, 0) is 12.3 Å². The zero-order valence-electron chi connectivity index (χ0n) is 7.41. The van der Waals surface area contributed by atoms with E-state index in [0.717, 1.165) is 5.92 Å². The Morgan fingerprint density at radius 1 is 1.50 bits per heavy atom. The molecule has 1 saturated heterocycles. The highest BCUT2D eigenvalue weighted by atomic mass is 15.2. The van der Waals surface area contributed by atoms with Crippen LogP contribution in [0, 0.1) is 5.92 Å². The molecule has 0 amide bonds. The lowest BCUT2D eigenvalue weighted by Gasteiger charge is -2.16. The van der Waals surface area contributed by atoms with Crippen LogP contribution in [-0.2, 0) is 0 Å². The van der Waals surface area contributed by atoms with Crippen molar-refractivity contribution in [3.8, 4) is 0 Å². The van der Waals surface area contributed by atoms with Crippen molar-refractivity contribution in [2.75, 3.05) is 6.54 Å². The van der Waals surface area contributed by atoms with E-state index in [9.17, 15) is 0 Å². The fourth-order valence-corrected chi connectivity index (χ4v) is 1.48. The quantitative estimate of drug-likeness (QED) is 0.595. The smallest absolute Gasteiger partial charge is 0.0330 e. The van der Waals surface area contributed by atoms with E-state index in [1.807, 2.05) is 0 Å². The summed E-state index contributed by atoms with van der Waals surface area (Å²) in [6.07, 6.45) is 4.09. The van der Waals surface area contributed by atoms with Crippen LogP contribution in [0.4, 0.5) is 0 Å². The first-order valence-corrected chi connectivity index (χ1v) is 4.46. The minimum absolute atomic E-state index is 0.552. The van der Waals surface area contributed by atoms with E-state index in [0.29, 0.717) is 5.54 Å². The fraction of sp³-hybridized carbons (Fsp3) is 1.00. The summed E-state index contributed by atoms with van der Waals surface area (Å²) in [5.74, 6) is 0.819. The van der Waals surface area contributed by atoms with Crippen LogP contribution >= 0.6 is 0 Å². The Hall–Kier alpha value is -0.0400. The summed E-state index contributed by atoms with van der Waals surface area (Å²) in [4.78, 5) is 0. The third kappa shape index (κ3) is 1.51. The predicted octanol–water partition coefficient (Wildman–Crippen LogP) is 2.17. The molecule has 0 aliphatic carbocycles. The number of hydrogen-bond donors (Lipinski definition) is 1. The third-order valence-corrected chi connectivity index (χ3v) is 2.71. The Bertz CT molecular complexity index is 103. The average molecular weight is 141 g/mol. The molecular weight excluding hydrogens is 122 g/mol. The van der Waals surface area contributed by atoms with E-state index in [1.165, 1.54) is 25.8 Å². The number of nitrogens with one attached hydrogen (secondary N) is 1. The predicted molar refractivity (Wildman–Crippen MR) is 45.1 cm³/mol. The van der Waals surface area contributed by atoms with E-state index in [4.69, 9.17) is 0 Å². The minimum Gasteiger partial charge on any atom is -0.308 e. The summed E-state index contributed by atoms with van der Waals surface area (Å²) in [7, 11) is 0. The molecule has 1 heteroatoms. The highest BCUT2D eigenvalue weighted by Gasteiger charge is 2.43. The second-order valence-corrected chi connectivity index (χ2v) is 3.77. The number of hydrogen-bond acceptors (Lipinski definition) is 1. The molecule has 1 heterocycles. The van der Waals surface area contributed by atoms with Gasteiger partial charge in [0, 0.05) is 12.1 Å². The summed E-state index contributed by atoms with van der Waals surface area (Å²) in [5.41, 5.74) is 0.552. The van der Waals surface area contributed by atoms with Crippen molar-refractivity contribution in [3.05, 3.63) is 0 Å². The lowest BCUT2D eigenvalue weighted by molar-refractivity contribution is 0.412. The molecule has 0 radical (unpaired) electrons. The Kier molecular flexibility index (Phi) is 2.35. The maximum absolute atomic E-state index is 3.48. The average Bonchev–Trinajstić information content (AvgIpc) is 2.64. The van der Waals surface area contributed by atoms with Crippen LogP contribution in [0.2, 0.25) is 0 Å². The van der Waals surface area contributed by atoms with Gasteiger partial charge in [-0.2, -0.15) is 0 Å². The zero-order valence-corrected chi connectivity index (χ0v) is 7.41. The second kappa shape index (κ2) is 2.91. The summed E-state index contributed by atoms with van der Waals surface area (Å²) in [6.45, 7) is 8.15. The van der Waals surface area contributed by atoms with Crippen molar-refractivity contribution in [1.82, 2.24) is 5.32 Å². The van der Waals surface area contributed by atoms with E-state index < -0.39 is 0 Å². The molecule has 1 unspecified atom stereocenters. The van der Waals surface area contributed by atoms with Crippen molar-refractivity contribution in [2.24, 2.45) is 5.92 Å². The Labute approximate surface area is 64.2 Å². The van der Waals surface area contributed by atoms with E-state index >= 15 is 0 Å². The van der Waals surface area contributed by atoms with Crippen LogP contribution in [0.5, 0.6) is 0 Å². The van der Waals surface area contributed by atoms with Crippen molar-refractivity contribution in [3.63, 3.8) is 0 Å². The molecule has 10 heavy (non-hydrogen) atoms. The van der Waals surface area contributed by atoms with Crippen LogP contribution in [0.1, 0.15) is 40.0 Å². The van der Waals surface area contributed by atoms with Crippen molar-refractivity contribution >= 4 is 0 Å². The van der Waals surface area contributed by atoms with Crippen molar-refractivity contribution < 1.29 is 0 Å². The van der Waals surface area contributed by atoms with E-state index in [2.05, 4.69) is 26.1 Å². The first-order chi connectivity index (χ1) is 4.71.